The fraction of sp³-hybridized carbons (Fsp3) is 0.267. The number of benzene rings is 1. The largest absolute Gasteiger partial charge is 0.477 e. The van der Waals surface area contributed by atoms with E-state index in [1.807, 2.05) is 26.0 Å². The van der Waals surface area contributed by atoms with Crippen LogP contribution in [-0.4, -0.2) is 15.3 Å². The minimum absolute atomic E-state index is 0.295. The van der Waals surface area contributed by atoms with Crippen molar-refractivity contribution in [3.05, 3.63) is 56.8 Å². The molecule has 1 atom stereocenters. The first kappa shape index (κ1) is 14.9. The third-order valence-corrected chi connectivity index (χ3v) is 5.33. The Morgan fingerprint density at radius 3 is 2.35 bits per heavy atom. The van der Waals surface area contributed by atoms with Crippen LogP contribution in [0.2, 0.25) is 0 Å². The molecular weight excluding hydrogens is 292 g/mol. The van der Waals surface area contributed by atoms with Gasteiger partial charge in [0.05, 0.1) is 5.75 Å². The molecule has 0 amide bonds. The minimum atomic E-state index is -1.02. The van der Waals surface area contributed by atoms with E-state index in [2.05, 4.69) is 6.07 Å². The average molecular weight is 308 g/mol. The highest BCUT2D eigenvalue weighted by atomic mass is 32.2. The predicted octanol–water partition coefficient (Wildman–Crippen LogP) is 3.51. The van der Waals surface area contributed by atoms with E-state index in [0.29, 0.717) is 16.4 Å². The second kappa shape index (κ2) is 6.33. The van der Waals surface area contributed by atoms with Crippen molar-refractivity contribution >= 4 is 28.1 Å². The van der Waals surface area contributed by atoms with Crippen LogP contribution < -0.4 is 0 Å². The summed E-state index contributed by atoms with van der Waals surface area (Å²) in [6, 6.07) is 9.48. The number of hydrogen-bond donors (Lipinski definition) is 1. The quantitative estimate of drug-likeness (QED) is 0.919. The minimum Gasteiger partial charge on any atom is -0.477 e. The third kappa shape index (κ3) is 4.02. The van der Waals surface area contributed by atoms with E-state index in [0.717, 1.165) is 10.4 Å². The first-order valence-electron chi connectivity index (χ1n) is 6.18. The lowest BCUT2D eigenvalue weighted by Gasteiger charge is -2.04. The van der Waals surface area contributed by atoms with Gasteiger partial charge in [0.1, 0.15) is 4.88 Å². The van der Waals surface area contributed by atoms with Gasteiger partial charge in [0, 0.05) is 21.4 Å². The molecule has 1 heterocycles. The van der Waals surface area contributed by atoms with Gasteiger partial charge in [-0.25, -0.2) is 4.79 Å². The van der Waals surface area contributed by atoms with Gasteiger partial charge in [-0.3, -0.25) is 4.21 Å². The van der Waals surface area contributed by atoms with E-state index < -0.39 is 16.8 Å². The van der Waals surface area contributed by atoms with Gasteiger partial charge in [-0.05, 0) is 31.5 Å². The summed E-state index contributed by atoms with van der Waals surface area (Å²) in [5, 5.41) is 8.86. The molecule has 1 N–H and O–H groups in total. The van der Waals surface area contributed by atoms with Crippen LogP contribution in [0.4, 0.5) is 0 Å². The van der Waals surface area contributed by atoms with Crippen molar-refractivity contribution in [1.29, 1.82) is 0 Å². The van der Waals surface area contributed by atoms with Crippen LogP contribution in [0.1, 0.15) is 31.2 Å². The number of hydrogen-bond acceptors (Lipinski definition) is 3. The van der Waals surface area contributed by atoms with Crippen LogP contribution >= 0.6 is 11.3 Å². The van der Waals surface area contributed by atoms with Gasteiger partial charge in [-0.15, -0.1) is 11.3 Å². The summed E-state index contributed by atoms with van der Waals surface area (Å²) in [7, 11) is -1.02. The van der Waals surface area contributed by atoms with Crippen LogP contribution in [0.5, 0.6) is 0 Å². The molecule has 20 heavy (non-hydrogen) atoms. The summed E-state index contributed by atoms with van der Waals surface area (Å²) < 4.78 is 12.2. The molecule has 3 nitrogen and oxygen atoms in total. The Morgan fingerprint density at radius 1 is 1.15 bits per heavy atom. The topological polar surface area (TPSA) is 54.4 Å². The standard InChI is InChI=1S/C15H16O3S2/c1-10-5-11(2)7-12(6-10)8-20(18)9-13-3-4-14(19-13)15(16)17/h3-7H,8-9H2,1-2H3,(H,16,17). The Kier molecular flexibility index (Phi) is 4.73. The van der Waals surface area contributed by atoms with E-state index in [4.69, 9.17) is 5.11 Å². The first-order valence-corrected chi connectivity index (χ1v) is 8.48. The van der Waals surface area contributed by atoms with E-state index in [-0.39, 0.29) is 0 Å². The predicted molar refractivity (Wildman–Crippen MR) is 82.7 cm³/mol. The van der Waals surface area contributed by atoms with Crippen LogP contribution in [0, 0.1) is 13.8 Å². The van der Waals surface area contributed by atoms with Gasteiger partial charge in [0.15, 0.2) is 0 Å². The van der Waals surface area contributed by atoms with E-state index in [1.165, 1.54) is 22.5 Å². The van der Waals surface area contributed by atoms with Crippen LogP contribution in [-0.2, 0) is 22.3 Å². The van der Waals surface area contributed by atoms with Crippen LogP contribution in [0.25, 0.3) is 0 Å². The Morgan fingerprint density at radius 2 is 1.80 bits per heavy atom. The highest BCUT2D eigenvalue weighted by Crippen LogP contribution is 2.19. The number of thiophene rings is 1. The second-order valence-electron chi connectivity index (χ2n) is 4.80. The number of carboxylic acid groups (broad SMARTS) is 1. The smallest absolute Gasteiger partial charge is 0.345 e. The van der Waals surface area contributed by atoms with Gasteiger partial charge in [0.25, 0.3) is 0 Å². The monoisotopic (exact) mass is 308 g/mol. The van der Waals surface area contributed by atoms with Crippen molar-refractivity contribution in [3.8, 4) is 0 Å². The van der Waals surface area contributed by atoms with Crippen molar-refractivity contribution in [1.82, 2.24) is 0 Å². The van der Waals surface area contributed by atoms with Crippen molar-refractivity contribution in [3.63, 3.8) is 0 Å². The molecular formula is C15H16O3S2. The van der Waals surface area contributed by atoms with Crippen LogP contribution in [0.3, 0.4) is 0 Å². The van der Waals surface area contributed by atoms with E-state index in [9.17, 15) is 9.00 Å². The zero-order valence-corrected chi connectivity index (χ0v) is 13.0. The van der Waals surface area contributed by atoms with Gasteiger partial charge >= 0.3 is 5.97 Å². The molecule has 0 fully saturated rings. The normalized spacial score (nSPS) is 12.3. The van der Waals surface area contributed by atoms with Crippen molar-refractivity contribution in [2.24, 2.45) is 0 Å². The molecule has 0 aliphatic carbocycles. The Hall–Kier alpha value is -1.46. The van der Waals surface area contributed by atoms with Crippen molar-refractivity contribution in [2.45, 2.75) is 25.4 Å². The number of rotatable bonds is 5. The first-order chi connectivity index (χ1) is 9.44. The summed E-state index contributed by atoms with van der Waals surface area (Å²) in [5.74, 6) is -0.0188. The fourth-order valence-electron chi connectivity index (χ4n) is 2.12. The second-order valence-corrected chi connectivity index (χ2v) is 7.42. The summed E-state index contributed by atoms with van der Waals surface area (Å²) in [6.07, 6.45) is 0. The highest BCUT2D eigenvalue weighted by molar-refractivity contribution is 7.83. The van der Waals surface area contributed by atoms with Crippen molar-refractivity contribution < 1.29 is 14.1 Å². The Bertz CT molecular complexity index is 639. The molecule has 2 rings (SSSR count). The number of aromatic carboxylic acids is 1. The molecule has 0 saturated carbocycles. The molecule has 0 radical (unpaired) electrons. The zero-order valence-electron chi connectivity index (χ0n) is 11.4. The van der Waals surface area contributed by atoms with Gasteiger partial charge in [-0.1, -0.05) is 29.3 Å². The maximum atomic E-state index is 12.2. The summed E-state index contributed by atoms with van der Waals surface area (Å²) in [5.41, 5.74) is 3.40. The van der Waals surface area contributed by atoms with E-state index >= 15 is 0 Å². The Balaban J connectivity index is 2.03. The molecule has 0 saturated heterocycles. The maximum absolute atomic E-state index is 12.2. The molecule has 106 valence electrons. The zero-order chi connectivity index (χ0) is 14.7. The van der Waals surface area contributed by atoms with Crippen molar-refractivity contribution in [2.75, 3.05) is 0 Å². The molecule has 0 spiro atoms. The lowest BCUT2D eigenvalue weighted by atomic mass is 10.1. The number of carboxylic acids is 1. The molecule has 1 aromatic heterocycles. The molecule has 1 aromatic carbocycles. The SMILES string of the molecule is Cc1cc(C)cc(CS(=O)Cc2ccc(C(=O)O)s2)c1. The van der Waals surface area contributed by atoms with Gasteiger partial charge in [0.2, 0.25) is 0 Å². The highest BCUT2D eigenvalue weighted by Gasteiger charge is 2.10. The molecule has 0 bridgehead atoms. The maximum Gasteiger partial charge on any atom is 0.345 e. The summed E-state index contributed by atoms with van der Waals surface area (Å²) >= 11 is 1.19. The molecule has 5 heteroatoms. The molecule has 2 aromatic rings. The summed E-state index contributed by atoms with van der Waals surface area (Å²) in [4.78, 5) is 11.9. The van der Waals surface area contributed by atoms with Gasteiger partial charge in [-0.2, -0.15) is 0 Å². The third-order valence-electron chi connectivity index (χ3n) is 2.78. The lowest BCUT2D eigenvalue weighted by Crippen LogP contribution is -1.99. The lowest BCUT2D eigenvalue weighted by molar-refractivity contribution is 0.0702. The molecule has 1 unspecified atom stereocenters. The Labute approximate surface area is 124 Å². The van der Waals surface area contributed by atoms with E-state index in [1.54, 1.807) is 12.1 Å². The fourth-order valence-corrected chi connectivity index (χ4v) is 4.44. The molecule has 0 aliphatic rings. The summed E-state index contributed by atoms with van der Waals surface area (Å²) in [6.45, 7) is 4.05. The van der Waals surface area contributed by atoms with Gasteiger partial charge < -0.3 is 5.11 Å². The number of aryl methyl sites for hydroxylation is 2. The number of carbonyl (C=O) groups is 1. The average Bonchev–Trinajstić information content (AvgIpc) is 2.75. The van der Waals surface area contributed by atoms with Crippen LogP contribution in [0.15, 0.2) is 30.3 Å². The molecule has 0 aliphatic heterocycles.